The number of hydrogen-bond acceptors (Lipinski definition) is 2. The number of ether oxygens (including phenoxy) is 1. The highest BCUT2D eigenvalue weighted by atomic mass is 16.5. The maximum atomic E-state index is 6.10. The minimum absolute atomic E-state index is 0.259. The van der Waals surface area contributed by atoms with Crippen LogP contribution in [0.4, 0.5) is 0 Å². The molecule has 3 atom stereocenters. The average molecular weight is 185 g/mol. The summed E-state index contributed by atoms with van der Waals surface area (Å²) in [6.07, 6.45) is 6.72. The molecule has 1 saturated carbocycles. The van der Waals surface area contributed by atoms with Crippen LogP contribution in [0.2, 0.25) is 0 Å². The lowest BCUT2D eigenvalue weighted by molar-refractivity contribution is 0.113. The summed E-state index contributed by atoms with van der Waals surface area (Å²) in [6, 6.07) is 0.259. The van der Waals surface area contributed by atoms with Crippen molar-refractivity contribution in [2.45, 2.75) is 45.1 Å². The summed E-state index contributed by atoms with van der Waals surface area (Å²) in [6.45, 7) is 3.00. The van der Waals surface area contributed by atoms with Crippen molar-refractivity contribution < 1.29 is 4.74 Å². The Balaban J connectivity index is 2.43. The Labute approximate surface area is 81.8 Å². The number of hydrogen-bond donors (Lipinski definition) is 1. The van der Waals surface area contributed by atoms with E-state index in [9.17, 15) is 0 Å². The number of nitrogens with two attached hydrogens (primary N) is 1. The van der Waals surface area contributed by atoms with Gasteiger partial charge in [0.15, 0.2) is 0 Å². The van der Waals surface area contributed by atoms with Crippen LogP contribution in [-0.2, 0) is 4.74 Å². The molecule has 0 aliphatic heterocycles. The molecule has 78 valence electrons. The van der Waals surface area contributed by atoms with Crippen LogP contribution in [0.5, 0.6) is 0 Å². The third kappa shape index (κ3) is 2.96. The molecule has 1 aliphatic carbocycles. The first-order chi connectivity index (χ1) is 6.29. The molecule has 2 heteroatoms. The van der Waals surface area contributed by atoms with Crippen molar-refractivity contribution in [3.05, 3.63) is 0 Å². The van der Waals surface area contributed by atoms with E-state index in [1.165, 1.54) is 32.1 Å². The van der Waals surface area contributed by atoms with E-state index in [1.807, 2.05) is 0 Å². The molecule has 0 aromatic carbocycles. The Hall–Kier alpha value is -0.0800. The van der Waals surface area contributed by atoms with Gasteiger partial charge in [0.05, 0.1) is 6.61 Å². The molecular weight excluding hydrogens is 162 g/mol. The normalized spacial score (nSPS) is 31.6. The van der Waals surface area contributed by atoms with Gasteiger partial charge in [-0.05, 0) is 18.3 Å². The maximum absolute atomic E-state index is 6.10. The van der Waals surface area contributed by atoms with Crippen molar-refractivity contribution >= 4 is 0 Å². The molecule has 0 radical (unpaired) electrons. The van der Waals surface area contributed by atoms with Crippen LogP contribution in [-0.4, -0.2) is 19.8 Å². The largest absolute Gasteiger partial charge is 0.383 e. The van der Waals surface area contributed by atoms with Crippen LogP contribution in [0.15, 0.2) is 0 Å². The smallest absolute Gasteiger partial charge is 0.0616 e. The van der Waals surface area contributed by atoms with Gasteiger partial charge in [0, 0.05) is 13.2 Å². The van der Waals surface area contributed by atoms with Gasteiger partial charge in [0.1, 0.15) is 0 Å². The monoisotopic (exact) mass is 185 g/mol. The first-order valence-electron chi connectivity index (χ1n) is 5.54. The summed E-state index contributed by atoms with van der Waals surface area (Å²) in [5.74, 6) is 1.55. The van der Waals surface area contributed by atoms with Crippen molar-refractivity contribution in [2.75, 3.05) is 13.7 Å². The van der Waals surface area contributed by atoms with Crippen molar-refractivity contribution in [3.63, 3.8) is 0 Å². The molecular formula is C11H23NO. The van der Waals surface area contributed by atoms with Crippen molar-refractivity contribution in [1.29, 1.82) is 0 Å². The third-order valence-corrected chi connectivity index (χ3v) is 3.40. The van der Waals surface area contributed by atoms with E-state index in [1.54, 1.807) is 7.11 Å². The highest BCUT2D eigenvalue weighted by Gasteiger charge is 2.28. The van der Waals surface area contributed by atoms with E-state index in [2.05, 4.69) is 6.92 Å². The van der Waals surface area contributed by atoms with E-state index in [-0.39, 0.29) is 6.04 Å². The Morgan fingerprint density at radius 3 is 2.69 bits per heavy atom. The van der Waals surface area contributed by atoms with Crippen molar-refractivity contribution in [2.24, 2.45) is 17.6 Å². The molecule has 0 heterocycles. The average Bonchev–Trinajstić information content (AvgIpc) is 2.18. The molecule has 1 aliphatic rings. The molecule has 13 heavy (non-hydrogen) atoms. The molecule has 2 nitrogen and oxygen atoms in total. The lowest BCUT2D eigenvalue weighted by Gasteiger charge is -2.34. The van der Waals surface area contributed by atoms with Crippen molar-refractivity contribution in [3.8, 4) is 0 Å². The summed E-state index contributed by atoms with van der Waals surface area (Å²) < 4.78 is 5.12. The van der Waals surface area contributed by atoms with Gasteiger partial charge in [-0.1, -0.05) is 32.6 Å². The van der Waals surface area contributed by atoms with Gasteiger partial charge in [0.25, 0.3) is 0 Å². The number of rotatable bonds is 4. The van der Waals surface area contributed by atoms with Crippen LogP contribution in [0.25, 0.3) is 0 Å². The highest BCUT2D eigenvalue weighted by Crippen LogP contribution is 2.33. The molecule has 2 N–H and O–H groups in total. The van der Waals surface area contributed by atoms with Gasteiger partial charge in [-0.15, -0.1) is 0 Å². The number of methoxy groups -OCH3 is 1. The topological polar surface area (TPSA) is 35.2 Å². The molecule has 0 aromatic heterocycles. The van der Waals surface area contributed by atoms with Crippen LogP contribution in [0.1, 0.15) is 39.0 Å². The quantitative estimate of drug-likeness (QED) is 0.728. The molecule has 3 unspecified atom stereocenters. The van der Waals surface area contributed by atoms with Gasteiger partial charge in [-0.25, -0.2) is 0 Å². The zero-order chi connectivity index (χ0) is 9.68. The van der Waals surface area contributed by atoms with Gasteiger partial charge < -0.3 is 10.5 Å². The maximum Gasteiger partial charge on any atom is 0.0616 e. The standard InChI is InChI=1S/C11H23NO/c1-3-9-6-4-5-7-10(9)11(12)8-13-2/h9-11H,3-8,12H2,1-2H3. The molecule has 1 rings (SSSR count). The van der Waals surface area contributed by atoms with Crippen LogP contribution < -0.4 is 5.73 Å². The second-order valence-corrected chi connectivity index (χ2v) is 4.24. The predicted octanol–water partition coefficient (Wildman–Crippen LogP) is 2.18. The van der Waals surface area contributed by atoms with Gasteiger partial charge >= 0.3 is 0 Å². The summed E-state index contributed by atoms with van der Waals surface area (Å²) >= 11 is 0. The molecule has 0 bridgehead atoms. The SMILES string of the molecule is CCC1CCCCC1C(N)COC. The fourth-order valence-corrected chi connectivity index (χ4v) is 2.62. The van der Waals surface area contributed by atoms with E-state index < -0.39 is 0 Å². The van der Waals surface area contributed by atoms with E-state index >= 15 is 0 Å². The minimum Gasteiger partial charge on any atom is -0.383 e. The molecule has 0 spiro atoms. The first-order valence-corrected chi connectivity index (χ1v) is 5.54. The zero-order valence-electron chi connectivity index (χ0n) is 8.96. The van der Waals surface area contributed by atoms with E-state index in [0.29, 0.717) is 5.92 Å². The third-order valence-electron chi connectivity index (χ3n) is 3.40. The lowest BCUT2D eigenvalue weighted by Crippen LogP contribution is -2.40. The second kappa shape index (κ2) is 5.61. The van der Waals surface area contributed by atoms with E-state index in [4.69, 9.17) is 10.5 Å². The molecule has 1 fully saturated rings. The zero-order valence-corrected chi connectivity index (χ0v) is 8.96. The predicted molar refractivity (Wildman–Crippen MR) is 55.6 cm³/mol. The Morgan fingerprint density at radius 2 is 2.08 bits per heavy atom. The van der Waals surface area contributed by atoms with Crippen molar-refractivity contribution in [1.82, 2.24) is 0 Å². The Morgan fingerprint density at radius 1 is 1.38 bits per heavy atom. The van der Waals surface area contributed by atoms with Gasteiger partial charge in [0.2, 0.25) is 0 Å². The Kier molecular flexibility index (Phi) is 4.74. The molecule has 0 aromatic rings. The van der Waals surface area contributed by atoms with Crippen LogP contribution >= 0.6 is 0 Å². The Bertz CT molecular complexity index is 138. The molecule has 0 amide bonds. The summed E-state index contributed by atoms with van der Waals surface area (Å²) in [7, 11) is 1.74. The fourth-order valence-electron chi connectivity index (χ4n) is 2.62. The molecule has 0 saturated heterocycles. The fraction of sp³-hybridized carbons (Fsp3) is 1.00. The van der Waals surface area contributed by atoms with Crippen LogP contribution in [0.3, 0.4) is 0 Å². The lowest BCUT2D eigenvalue weighted by atomic mass is 9.74. The summed E-state index contributed by atoms with van der Waals surface area (Å²) in [5, 5.41) is 0. The van der Waals surface area contributed by atoms with Gasteiger partial charge in [-0.3, -0.25) is 0 Å². The first kappa shape index (κ1) is 11.0. The minimum atomic E-state index is 0.259. The second-order valence-electron chi connectivity index (χ2n) is 4.24. The summed E-state index contributed by atoms with van der Waals surface area (Å²) in [5.41, 5.74) is 6.10. The van der Waals surface area contributed by atoms with Crippen LogP contribution in [0, 0.1) is 11.8 Å². The van der Waals surface area contributed by atoms with Gasteiger partial charge in [-0.2, -0.15) is 0 Å². The highest BCUT2D eigenvalue weighted by molar-refractivity contribution is 4.82. The summed E-state index contributed by atoms with van der Waals surface area (Å²) in [4.78, 5) is 0. The van der Waals surface area contributed by atoms with E-state index in [0.717, 1.165) is 12.5 Å².